The number of nitrogens with zero attached hydrogens (tertiary/aromatic N) is 1. The van der Waals surface area contributed by atoms with Crippen molar-refractivity contribution in [2.75, 3.05) is 19.6 Å². The molecule has 0 bridgehead atoms. The summed E-state index contributed by atoms with van der Waals surface area (Å²) in [6, 6.07) is 6.53. The molecular weight excluding hydrogens is 276 g/mol. The number of aryl methyl sites for hydroxylation is 2. The number of aliphatic hydroxyl groups excluding tert-OH is 1. The zero-order valence-electron chi connectivity index (χ0n) is 13.9. The van der Waals surface area contributed by atoms with Gasteiger partial charge in [0, 0.05) is 19.6 Å². The van der Waals surface area contributed by atoms with Crippen LogP contribution >= 0.6 is 0 Å². The number of aliphatic hydroxyl groups is 1. The van der Waals surface area contributed by atoms with Crippen LogP contribution in [0.4, 0.5) is 4.79 Å². The van der Waals surface area contributed by atoms with E-state index in [1.165, 1.54) is 16.7 Å². The third-order valence-corrected chi connectivity index (χ3v) is 4.48. The highest BCUT2D eigenvalue weighted by Gasteiger charge is 2.25. The molecule has 1 heterocycles. The summed E-state index contributed by atoms with van der Waals surface area (Å²) in [7, 11) is 0. The lowest BCUT2D eigenvalue weighted by molar-refractivity contribution is 0.0799. The van der Waals surface area contributed by atoms with E-state index in [0.717, 1.165) is 32.4 Å². The first-order chi connectivity index (χ1) is 10.5. The third-order valence-electron chi connectivity index (χ3n) is 4.48. The SMILES string of the molecule is Cc1cc(C)cc(CCNC(=O)N2CCC(C(C)O)CC2)c1. The Balaban J connectivity index is 1.74. The molecule has 2 amide bonds. The number of benzene rings is 1. The van der Waals surface area contributed by atoms with Gasteiger partial charge >= 0.3 is 6.03 Å². The minimum Gasteiger partial charge on any atom is -0.393 e. The third kappa shape index (κ3) is 4.73. The first-order valence-corrected chi connectivity index (χ1v) is 8.23. The first-order valence-electron chi connectivity index (χ1n) is 8.23. The molecule has 0 saturated carbocycles. The molecule has 0 spiro atoms. The summed E-state index contributed by atoms with van der Waals surface area (Å²) < 4.78 is 0. The lowest BCUT2D eigenvalue weighted by Crippen LogP contribution is -2.46. The maximum Gasteiger partial charge on any atom is 0.317 e. The Morgan fingerprint density at radius 2 is 1.86 bits per heavy atom. The predicted molar refractivity (Wildman–Crippen MR) is 89.0 cm³/mol. The minimum absolute atomic E-state index is 0.0217. The van der Waals surface area contributed by atoms with Crippen LogP contribution in [0, 0.1) is 19.8 Å². The lowest BCUT2D eigenvalue weighted by atomic mass is 9.92. The molecule has 1 aliphatic rings. The molecule has 1 atom stereocenters. The molecule has 1 saturated heterocycles. The number of carbonyl (C=O) groups excluding carboxylic acids is 1. The number of rotatable bonds is 4. The van der Waals surface area contributed by atoms with Crippen LogP contribution in [-0.2, 0) is 6.42 Å². The fourth-order valence-electron chi connectivity index (χ4n) is 3.22. The molecule has 1 unspecified atom stereocenters. The van der Waals surface area contributed by atoms with Crippen LogP contribution in [0.25, 0.3) is 0 Å². The Hall–Kier alpha value is -1.55. The van der Waals surface area contributed by atoms with Crippen LogP contribution in [-0.4, -0.2) is 41.8 Å². The van der Waals surface area contributed by atoms with Gasteiger partial charge in [0.25, 0.3) is 0 Å². The molecule has 1 fully saturated rings. The van der Waals surface area contributed by atoms with Crippen LogP contribution in [0.5, 0.6) is 0 Å². The highest BCUT2D eigenvalue weighted by molar-refractivity contribution is 5.74. The maximum atomic E-state index is 12.2. The summed E-state index contributed by atoms with van der Waals surface area (Å²) in [6.45, 7) is 8.18. The van der Waals surface area contributed by atoms with Crippen molar-refractivity contribution in [3.8, 4) is 0 Å². The van der Waals surface area contributed by atoms with Gasteiger partial charge in [-0.25, -0.2) is 4.79 Å². The molecule has 0 radical (unpaired) electrons. The van der Waals surface area contributed by atoms with Gasteiger partial charge in [-0.15, -0.1) is 0 Å². The zero-order chi connectivity index (χ0) is 16.1. The molecule has 2 N–H and O–H groups in total. The molecule has 4 nitrogen and oxygen atoms in total. The molecule has 1 aliphatic heterocycles. The molecule has 0 aromatic heterocycles. The Kier molecular flexibility index (Phi) is 5.83. The second-order valence-electron chi connectivity index (χ2n) is 6.54. The summed E-state index contributed by atoms with van der Waals surface area (Å²) in [5, 5.41) is 12.6. The van der Waals surface area contributed by atoms with E-state index >= 15 is 0 Å². The Bertz CT molecular complexity index is 486. The summed E-state index contributed by atoms with van der Waals surface area (Å²) in [5.74, 6) is 0.333. The van der Waals surface area contributed by atoms with Gasteiger partial charge in [-0.2, -0.15) is 0 Å². The quantitative estimate of drug-likeness (QED) is 0.898. The lowest BCUT2D eigenvalue weighted by Gasteiger charge is -2.33. The predicted octanol–water partition coefficient (Wildman–Crippen LogP) is 2.65. The number of nitrogens with one attached hydrogen (secondary N) is 1. The highest BCUT2D eigenvalue weighted by Crippen LogP contribution is 2.20. The average Bonchev–Trinajstić information content (AvgIpc) is 2.46. The van der Waals surface area contributed by atoms with E-state index in [4.69, 9.17) is 0 Å². The number of amides is 2. The monoisotopic (exact) mass is 304 g/mol. The minimum atomic E-state index is -0.269. The van der Waals surface area contributed by atoms with Gasteiger partial charge in [0.15, 0.2) is 0 Å². The standard InChI is InChI=1S/C18H28N2O2/c1-13-10-14(2)12-16(11-13)4-7-19-18(22)20-8-5-17(6-9-20)15(3)21/h10-12,15,17,21H,4-9H2,1-3H3,(H,19,22). The van der Waals surface area contributed by atoms with Crippen molar-refractivity contribution >= 4 is 6.03 Å². The number of piperidine rings is 1. The second kappa shape index (κ2) is 7.63. The van der Waals surface area contributed by atoms with Crippen LogP contribution in [0.2, 0.25) is 0 Å². The topological polar surface area (TPSA) is 52.6 Å². The van der Waals surface area contributed by atoms with E-state index in [-0.39, 0.29) is 12.1 Å². The molecule has 4 heteroatoms. The van der Waals surface area contributed by atoms with Crippen molar-refractivity contribution in [2.24, 2.45) is 5.92 Å². The van der Waals surface area contributed by atoms with Crippen LogP contribution in [0.15, 0.2) is 18.2 Å². The Morgan fingerprint density at radius 3 is 2.41 bits per heavy atom. The molecule has 2 rings (SSSR count). The van der Waals surface area contributed by atoms with Crippen LogP contribution < -0.4 is 5.32 Å². The normalized spacial score (nSPS) is 17.4. The van der Waals surface area contributed by atoms with Crippen molar-refractivity contribution in [1.29, 1.82) is 0 Å². The van der Waals surface area contributed by atoms with E-state index in [1.54, 1.807) is 0 Å². The van der Waals surface area contributed by atoms with Crippen molar-refractivity contribution in [3.63, 3.8) is 0 Å². The van der Waals surface area contributed by atoms with Crippen molar-refractivity contribution in [1.82, 2.24) is 10.2 Å². The van der Waals surface area contributed by atoms with E-state index in [1.807, 2.05) is 11.8 Å². The van der Waals surface area contributed by atoms with Crippen LogP contribution in [0.3, 0.4) is 0 Å². The maximum absolute atomic E-state index is 12.2. The van der Waals surface area contributed by atoms with Gasteiger partial charge in [0.1, 0.15) is 0 Å². The summed E-state index contributed by atoms with van der Waals surface area (Å²) >= 11 is 0. The number of likely N-dealkylation sites (tertiary alicyclic amines) is 1. The van der Waals surface area contributed by atoms with E-state index in [0.29, 0.717) is 12.5 Å². The van der Waals surface area contributed by atoms with E-state index in [2.05, 4.69) is 37.4 Å². The van der Waals surface area contributed by atoms with Crippen LogP contribution in [0.1, 0.15) is 36.5 Å². The fraction of sp³-hybridized carbons (Fsp3) is 0.611. The van der Waals surface area contributed by atoms with Gasteiger partial charge < -0.3 is 15.3 Å². The van der Waals surface area contributed by atoms with Gasteiger partial charge in [-0.1, -0.05) is 29.3 Å². The summed E-state index contributed by atoms with van der Waals surface area (Å²) in [5.41, 5.74) is 3.80. The molecule has 1 aromatic carbocycles. The Labute approximate surface area is 133 Å². The van der Waals surface area contributed by atoms with Gasteiger partial charge in [-0.3, -0.25) is 0 Å². The molecule has 122 valence electrons. The average molecular weight is 304 g/mol. The molecule has 22 heavy (non-hydrogen) atoms. The second-order valence-corrected chi connectivity index (χ2v) is 6.54. The molecule has 1 aromatic rings. The van der Waals surface area contributed by atoms with Crippen molar-refractivity contribution in [3.05, 3.63) is 34.9 Å². The molecule has 0 aliphatic carbocycles. The highest BCUT2D eigenvalue weighted by atomic mass is 16.3. The van der Waals surface area contributed by atoms with Gasteiger partial charge in [0.05, 0.1) is 6.10 Å². The Morgan fingerprint density at radius 1 is 1.27 bits per heavy atom. The largest absolute Gasteiger partial charge is 0.393 e. The number of hydrogen-bond donors (Lipinski definition) is 2. The number of hydrogen-bond acceptors (Lipinski definition) is 2. The smallest absolute Gasteiger partial charge is 0.317 e. The number of urea groups is 1. The van der Waals surface area contributed by atoms with E-state index < -0.39 is 0 Å². The zero-order valence-corrected chi connectivity index (χ0v) is 13.9. The fourth-order valence-corrected chi connectivity index (χ4v) is 3.22. The van der Waals surface area contributed by atoms with Crippen molar-refractivity contribution in [2.45, 2.75) is 46.1 Å². The number of carbonyl (C=O) groups is 1. The van der Waals surface area contributed by atoms with Gasteiger partial charge in [0.2, 0.25) is 0 Å². The molecular formula is C18H28N2O2. The van der Waals surface area contributed by atoms with Crippen molar-refractivity contribution < 1.29 is 9.90 Å². The first kappa shape index (κ1) is 16.8. The van der Waals surface area contributed by atoms with Gasteiger partial charge in [-0.05, 0) is 51.5 Å². The summed E-state index contributed by atoms with van der Waals surface area (Å²) in [6.07, 6.45) is 2.37. The van der Waals surface area contributed by atoms with E-state index in [9.17, 15) is 9.90 Å². The summed E-state index contributed by atoms with van der Waals surface area (Å²) in [4.78, 5) is 14.0.